The van der Waals surface area contributed by atoms with Gasteiger partial charge in [-0.1, -0.05) is 46.0 Å². The molecule has 0 amide bonds. The van der Waals surface area contributed by atoms with Gasteiger partial charge in [-0.05, 0) is 18.8 Å². The standard InChI is InChI=1S/C15H33NO4S/c1-15(2)14-20-12-11-19-10-8-6-4-3-5-7-9-13-21(16,17)18/h15H,3-14H2,1-2H3,(H2,16,17,18). The van der Waals surface area contributed by atoms with E-state index in [9.17, 15) is 8.42 Å². The summed E-state index contributed by atoms with van der Waals surface area (Å²) in [7, 11) is -3.27. The Morgan fingerprint density at radius 2 is 1.33 bits per heavy atom. The zero-order valence-electron chi connectivity index (χ0n) is 13.7. The van der Waals surface area contributed by atoms with Gasteiger partial charge in [0.2, 0.25) is 10.0 Å². The van der Waals surface area contributed by atoms with Crippen molar-refractivity contribution in [3.05, 3.63) is 0 Å². The van der Waals surface area contributed by atoms with Crippen LogP contribution in [0, 0.1) is 5.92 Å². The van der Waals surface area contributed by atoms with Crippen LogP contribution >= 0.6 is 0 Å². The molecule has 0 rings (SSSR count). The van der Waals surface area contributed by atoms with Gasteiger partial charge >= 0.3 is 0 Å². The number of rotatable bonds is 15. The Bertz CT molecular complexity index is 318. The second-order valence-electron chi connectivity index (χ2n) is 5.92. The highest BCUT2D eigenvalue weighted by atomic mass is 32.2. The molecule has 2 N–H and O–H groups in total. The molecule has 0 saturated heterocycles. The van der Waals surface area contributed by atoms with Gasteiger partial charge in [-0.15, -0.1) is 0 Å². The Balaban J connectivity index is 3.06. The third-order valence-electron chi connectivity index (χ3n) is 3.04. The molecule has 0 heterocycles. The fraction of sp³-hybridized carbons (Fsp3) is 1.00. The zero-order chi connectivity index (χ0) is 16.0. The van der Waals surface area contributed by atoms with Gasteiger partial charge in [0.1, 0.15) is 0 Å². The number of hydrogen-bond acceptors (Lipinski definition) is 4. The van der Waals surface area contributed by atoms with E-state index in [4.69, 9.17) is 14.6 Å². The number of hydrogen-bond donors (Lipinski definition) is 1. The van der Waals surface area contributed by atoms with Crippen LogP contribution < -0.4 is 5.14 Å². The lowest BCUT2D eigenvalue weighted by atomic mass is 10.1. The molecule has 0 spiro atoms. The highest BCUT2D eigenvalue weighted by molar-refractivity contribution is 7.89. The quantitative estimate of drug-likeness (QED) is 0.470. The lowest BCUT2D eigenvalue weighted by Gasteiger charge is -2.07. The first-order chi connectivity index (χ1) is 9.92. The van der Waals surface area contributed by atoms with Crippen molar-refractivity contribution < 1.29 is 17.9 Å². The first kappa shape index (κ1) is 20.8. The topological polar surface area (TPSA) is 78.6 Å². The summed E-state index contributed by atoms with van der Waals surface area (Å²) in [6, 6.07) is 0. The normalized spacial score (nSPS) is 12.2. The highest BCUT2D eigenvalue weighted by Crippen LogP contribution is 2.07. The Kier molecular flexibility index (Phi) is 13.4. The van der Waals surface area contributed by atoms with Crippen LogP contribution in [0.3, 0.4) is 0 Å². The van der Waals surface area contributed by atoms with Crippen molar-refractivity contribution in [1.82, 2.24) is 0 Å². The van der Waals surface area contributed by atoms with E-state index in [2.05, 4.69) is 13.8 Å². The van der Waals surface area contributed by atoms with Crippen LogP contribution in [0.1, 0.15) is 58.8 Å². The van der Waals surface area contributed by atoms with Crippen LogP contribution in [0.2, 0.25) is 0 Å². The maximum atomic E-state index is 10.7. The molecule has 0 bridgehead atoms. The lowest BCUT2D eigenvalue weighted by Crippen LogP contribution is -2.16. The number of primary sulfonamides is 1. The molecular formula is C15H33NO4S. The van der Waals surface area contributed by atoms with Crippen LogP contribution in [0.4, 0.5) is 0 Å². The molecule has 0 aromatic rings. The summed E-state index contributed by atoms with van der Waals surface area (Å²) in [5, 5.41) is 4.94. The fourth-order valence-corrected chi connectivity index (χ4v) is 2.54. The van der Waals surface area contributed by atoms with E-state index >= 15 is 0 Å². The SMILES string of the molecule is CC(C)COCCOCCCCCCCCCS(N)(=O)=O. The van der Waals surface area contributed by atoms with Gasteiger partial charge in [-0.25, -0.2) is 13.6 Å². The second-order valence-corrected chi connectivity index (χ2v) is 7.66. The summed E-state index contributed by atoms with van der Waals surface area (Å²) in [4.78, 5) is 0. The molecule has 0 saturated carbocycles. The first-order valence-electron chi connectivity index (χ1n) is 8.08. The van der Waals surface area contributed by atoms with Gasteiger partial charge in [0.25, 0.3) is 0 Å². The summed E-state index contributed by atoms with van der Waals surface area (Å²) in [6.07, 6.45) is 7.30. The van der Waals surface area contributed by atoms with E-state index < -0.39 is 10.0 Å². The Morgan fingerprint density at radius 1 is 0.810 bits per heavy atom. The molecule has 21 heavy (non-hydrogen) atoms. The number of unbranched alkanes of at least 4 members (excludes halogenated alkanes) is 6. The molecule has 0 aromatic carbocycles. The Hall–Kier alpha value is -0.170. The first-order valence-corrected chi connectivity index (χ1v) is 9.79. The van der Waals surface area contributed by atoms with Crippen molar-refractivity contribution in [3.63, 3.8) is 0 Å². The summed E-state index contributed by atoms with van der Waals surface area (Å²) in [5.41, 5.74) is 0. The second kappa shape index (κ2) is 13.5. The van der Waals surface area contributed by atoms with E-state index in [1.54, 1.807) is 0 Å². The summed E-state index contributed by atoms with van der Waals surface area (Å²) < 4.78 is 32.4. The zero-order valence-corrected chi connectivity index (χ0v) is 14.5. The van der Waals surface area contributed by atoms with Gasteiger partial charge < -0.3 is 9.47 Å². The molecular weight excluding hydrogens is 290 g/mol. The third-order valence-corrected chi connectivity index (χ3v) is 3.90. The highest BCUT2D eigenvalue weighted by Gasteiger charge is 2.01. The van der Waals surface area contributed by atoms with Crippen LogP contribution in [-0.2, 0) is 19.5 Å². The molecule has 0 aliphatic heterocycles. The van der Waals surface area contributed by atoms with Gasteiger partial charge in [0.15, 0.2) is 0 Å². The number of nitrogens with two attached hydrogens (primary N) is 1. The van der Waals surface area contributed by atoms with E-state index in [0.717, 1.165) is 38.9 Å². The van der Waals surface area contributed by atoms with Crippen molar-refractivity contribution in [1.29, 1.82) is 0 Å². The predicted octanol–water partition coefficient (Wildman–Crippen LogP) is 2.69. The number of sulfonamides is 1. The van der Waals surface area contributed by atoms with Crippen LogP contribution in [0.15, 0.2) is 0 Å². The third kappa shape index (κ3) is 19.8. The van der Waals surface area contributed by atoms with Gasteiger partial charge in [0.05, 0.1) is 19.0 Å². The molecule has 0 radical (unpaired) electrons. The predicted molar refractivity (Wildman–Crippen MR) is 86.8 cm³/mol. The molecule has 0 aromatic heterocycles. The van der Waals surface area contributed by atoms with E-state index in [1.807, 2.05) is 0 Å². The van der Waals surface area contributed by atoms with Gasteiger partial charge in [-0.3, -0.25) is 0 Å². The Labute approximate surface area is 130 Å². The average Bonchev–Trinajstić information content (AvgIpc) is 2.37. The van der Waals surface area contributed by atoms with E-state index in [-0.39, 0.29) is 5.75 Å². The minimum Gasteiger partial charge on any atom is -0.379 e. The van der Waals surface area contributed by atoms with Crippen molar-refractivity contribution >= 4 is 10.0 Å². The average molecular weight is 323 g/mol. The summed E-state index contributed by atoms with van der Waals surface area (Å²) >= 11 is 0. The fourth-order valence-electron chi connectivity index (χ4n) is 1.93. The lowest BCUT2D eigenvalue weighted by molar-refractivity contribution is 0.0365. The van der Waals surface area contributed by atoms with Crippen molar-refractivity contribution in [2.75, 3.05) is 32.2 Å². The number of ether oxygens (including phenoxy) is 2. The summed E-state index contributed by atoms with van der Waals surface area (Å²) in [6.45, 7) is 7.24. The smallest absolute Gasteiger partial charge is 0.209 e. The monoisotopic (exact) mass is 323 g/mol. The van der Waals surface area contributed by atoms with Crippen molar-refractivity contribution in [3.8, 4) is 0 Å². The maximum absolute atomic E-state index is 10.7. The van der Waals surface area contributed by atoms with Gasteiger partial charge in [-0.2, -0.15) is 0 Å². The molecule has 0 unspecified atom stereocenters. The van der Waals surface area contributed by atoms with Crippen LogP contribution in [-0.4, -0.2) is 40.6 Å². The molecule has 6 heteroatoms. The molecule has 0 atom stereocenters. The molecule has 0 fully saturated rings. The minimum absolute atomic E-state index is 0.111. The van der Waals surface area contributed by atoms with Gasteiger partial charge in [0, 0.05) is 13.2 Å². The van der Waals surface area contributed by atoms with Crippen molar-refractivity contribution in [2.24, 2.45) is 11.1 Å². The van der Waals surface area contributed by atoms with Crippen LogP contribution in [0.25, 0.3) is 0 Å². The molecule has 5 nitrogen and oxygen atoms in total. The van der Waals surface area contributed by atoms with Crippen molar-refractivity contribution in [2.45, 2.75) is 58.8 Å². The minimum atomic E-state index is -3.27. The Morgan fingerprint density at radius 3 is 1.90 bits per heavy atom. The van der Waals surface area contributed by atoms with E-state index in [1.165, 1.54) is 12.8 Å². The maximum Gasteiger partial charge on any atom is 0.209 e. The van der Waals surface area contributed by atoms with Crippen LogP contribution in [0.5, 0.6) is 0 Å². The molecule has 128 valence electrons. The molecule has 0 aliphatic carbocycles. The molecule has 0 aliphatic rings. The summed E-state index contributed by atoms with van der Waals surface area (Å²) in [5.74, 6) is 0.690. The largest absolute Gasteiger partial charge is 0.379 e. The van der Waals surface area contributed by atoms with E-state index in [0.29, 0.717) is 25.6 Å².